The first-order valence-corrected chi connectivity index (χ1v) is 8.63. The molecule has 3 rings (SSSR count). The molecule has 19 heavy (non-hydrogen) atoms. The predicted octanol–water partition coefficient (Wildman–Crippen LogP) is 4.31. The summed E-state index contributed by atoms with van der Waals surface area (Å²) in [5, 5.41) is 5.34. The summed E-state index contributed by atoms with van der Waals surface area (Å²) in [6, 6.07) is 0.762. The van der Waals surface area contributed by atoms with E-state index in [2.05, 4.69) is 26.1 Å². The number of nitrogens with one attached hydrogen (secondary N) is 1. The van der Waals surface area contributed by atoms with E-state index in [9.17, 15) is 0 Å². The van der Waals surface area contributed by atoms with Crippen LogP contribution in [0, 0.1) is 19.8 Å². The molecule has 0 radical (unpaired) electrons. The molecule has 1 aromatic rings. The van der Waals surface area contributed by atoms with Gasteiger partial charge in [0, 0.05) is 10.9 Å². The van der Waals surface area contributed by atoms with Crippen LogP contribution in [0.3, 0.4) is 0 Å². The van der Waals surface area contributed by atoms with E-state index in [1.165, 1.54) is 60.5 Å². The predicted molar refractivity (Wildman–Crippen MR) is 81.7 cm³/mol. The average Bonchev–Trinajstić information content (AvgIpc) is 3.14. The van der Waals surface area contributed by atoms with E-state index in [1.807, 2.05) is 11.3 Å². The minimum Gasteiger partial charge on any atom is -0.303 e. The van der Waals surface area contributed by atoms with Crippen molar-refractivity contribution in [2.24, 2.45) is 5.92 Å². The van der Waals surface area contributed by atoms with E-state index in [0.717, 1.165) is 12.0 Å². The van der Waals surface area contributed by atoms with Crippen LogP contribution in [0.1, 0.15) is 67.4 Å². The zero-order valence-electron chi connectivity index (χ0n) is 12.5. The van der Waals surface area contributed by atoms with E-state index in [0.29, 0.717) is 0 Å². The molecule has 0 spiro atoms. The Labute approximate surface area is 121 Å². The van der Waals surface area contributed by atoms with Gasteiger partial charge in [-0.3, -0.25) is 0 Å². The van der Waals surface area contributed by atoms with Crippen molar-refractivity contribution in [3.05, 3.63) is 15.6 Å². The van der Waals surface area contributed by atoms with Gasteiger partial charge >= 0.3 is 0 Å². The SMILES string of the molecule is Cc1nc(C2(NC3CC3)CCCC(C)CC2)sc1C. The van der Waals surface area contributed by atoms with Crippen LogP contribution in [0.4, 0.5) is 0 Å². The molecule has 2 saturated carbocycles. The molecule has 1 heterocycles. The largest absolute Gasteiger partial charge is 0.303 e. The maximum absolute atomic E-state index is 4.91. The highest BCUT2D eigenvalue weighted by Gasteiger charge is 2.40. The number of hydrogen-bond acceptors (Lipinski definition) is 3. The first-order valence-electron chi connectivity index (χ1n) is 7.81. The van der Waals surface area contributed by atoms with Crippen LogP contribution in [0.5, 0.6) is 0 Å². The first kappa shape index (κ1) is 13.6. The summed E-state index contributed by atoms with van der Waals surface area (Å²) < 4.78 is 0. The van der Waals surface area contributed by atoms with Crippen molar-refractivity contribution in [3.63, 3.8) is 0 Å². The summed E-state index contributed by atoms with van der Waals surface area (Å²) in [6.45, 7) is 6.77. The first-order chi connectivity index (χ1) is 9.09. The molecule has 2 fully saturated rings. The van der Waals surface area contributed by atoms with Gasteiger partial charge in [-0.15, -0.1) is 11.3 Å². The summed E-state index contributed by atoms with van der Waals surface area (Å²) in [7, 11) is 0. The van der Waals surface area contributed by atoms with Crippen LogP contribution in [0.2, 0.25) is 0 Å². The fourth-order valence-corrected chi connectivity index (χ4v) is 4.35. The lowest BCUT2D eigenvalue weighted by atomic mass is 9.90. The molecule has 3 heteroatoms. The molecule has 2 unspecified atom stereocenters. The van der Waals surface area contributed by atoms with E-state index < -0.39 is 0 Å². The third-order valence-electron chi connectivity index (χ3n) is 4.86. The molecule has 106 valence electrons. The lowest BCUT2D eigenvalue weighted by Crippen LogP contribution is -2.43. The molecule has 2 nitrogen and oxygen atoms in total. The standard InChI is InChI=1S/C16H26N2S/c1-11-5-4-9-16(10-8-11,18-14-6-7-14)15-17-12(2)13(3)19-15/h11,14,18H,4-10H2,1-3H3. The Hall–Kier alpha value is -0.410. The highest BCUT2D eigenvalue weighted by molar-refractivity contribution is 7.11. The number of rotatable bonds is 3. The Morgan fingerprint density at radius 1 is 1.16 bits per heavy atom. The minimum atomic E-state index is 0.190. The molecule has 2 aliphatic carbocycles. The monoisotopic (exact) mass is 278 g/mol. The molecule has 1 N–H and O–H groups in total. The molecule has 0 aliphatic heterocycles. The molecule has 2 aliphatic rings. The molecular formula is C16H26N2S. The molecule has 2 atom stereocenters. The lowest BCUT2D eigenvalue weighted by molar-refractivity contribution is 0.282. The summed E-state index contributed by atoms with van der Waals surface area (Å²) >= 11 is 1.93. The van der Waals surface area contributed by atoms with E-state index >= 15 is 0 Å². The zero-order valence-corrected chi connectivity index (χ0v) is 13.3. The molecule has 1 aromatic heterocycles. The Bertz CT molecular complexity index is 430. The van der Waals surface area contributed by atoms with Crippen molar-refractivity contribution in [3.8, 4) is 0 Å². The minimum absolute atomic E-state index is 0.190. The van der Waals surface area contributed by atoms with Gasteiger partial charge in [0.1, 0.15) is 5.01 Å². The molecule has 0 bridgehead atoms. The second kappa shape index (κ2) is 5.17. The highest BCUT2D eigenvalue weighted by atomic mass is 32.1. The van der Waals surface area contributed by atoms with E-state index in [1.54, 1.807) is 0 Å². The van der Waals surface area contributed by atoms with Crippen molar-refractivity contribution in [2.45, 2.75) is 77.3 Å². The van der Waals surface area contributed by atoms with Crippen LogP contribution < -0.4 is 5.32 Å². The van der Waals surface area contributed by atoms with Gasteiger partial charge in [-0.1, -0.05) is 19.8 Å². The summed E-state index contributed by atoms with van der Waals surface area (Å²) in [4.78, 5) is 6.30. The Kier molecular flexibility index (Phi) is 3.69. The van der Waals surface area contributed by atoms with Crippen molar-refractivity contribution in [1.82, 2.24) is 10.3 Å². The second-order valence-corrected chi connectivity index (χ2v) is 7.90. The number of aromatic nitrogens is 1. The smallest absolute Gasteiger partial charge is 0.113 e. The van der Waals surface area contributed by atoms with Gasteiger partial charge < -0.3 is 5.32 Å². The van der Waals surface area contributed by atoms with Gasteiger partial charge in [-0.05, 0) is 51.9 Å². The average molecular weight is 278 g/mol. The Morgan fingerprint density at radius 2 is 1.95 bits per heavy atom. The highest BCUT2D eigenvalue weighted by Crippen LogP contribution is 2.42. The van der Waals surface area contributed by atoms with Crippen LogP contribution in [-0.2, 0) is 5.54 Å². The van der Waals surface area contributed by atoms with Crippen LogP contribution >= 0.6 is 11.3 Å². The van der Waals surface area contributed by atoms with Crippen LogP contribution in [0.15, 0.2) is 0 Å². The molecule has 0 amide bonds. The Morgan fingerprint density at radius 3 is 2.58 bits per heavy atom. The lowest BCUT2D eigenvalue weighted by Gasteiger charge is -2.32. The van der Waals surface area contributed by atoms with Crippen molar-refractivity contribution in [2.75, 3.05) is 0 Å². The summed E-state index contributed by atoms with van der Waals surface area (Å²) in [5.74, 6) is 0.880. The van der Waals surface area contributed by atoms with E-state index in [4.69, 9.17) is 4.98 Å². The summed E-state index contributed by atoms with van der Waals surface area (Å²) in [5.41, 5.74) is 1.42. The fraction of sp³-hybridized carbons (Fsp3) is 0.812. The van der Waals surface area contributed by atoms with Gasteiger partial charge in [0.05, 0.1) is 11.2 Å². The number of thiazole rings is 1. The number of nitrogens with zero attached hydrogens (tertiary/aromatic N) is 1. The van der Waals surface area contributed by atoms with Crippen LogP contribution in [-0.4, -0.2) is 11.0 Å². The van der Waals surface area contributed by atoms with Gasteiger partial charge in [-0.25, -0.2) is 4.98 Å². The quantitative estimate of drug-likeness (QED) is 0.834. The van der Waals surface area contributed by atoms with E-state index in [-0.39, 0.29) is 5.54 Å². The third-order valence-corrected chi connectivity index (χ3v) is 6.14. The fourth-order valence-electron chi connectivity index (χ4n) is 3.23. The van der Waals surface area contributed by atoms with Gasteiger partial charge in [0.15, 0.2) is 0 Å². The second-order valence-electron chi connectivity index (χ2n) is 6.70. The maximum atomic E-state index is 4.91. The van der Waals surface area contributed by atoms with Crippen molar-refractivity contribution < 1.29 is 0 Å². The third kappa shape index (κ3) is 2.87. The van der Waals surface area contributed by atoms with Gasteiger partial charge in [-0.2, -0.15) is 0 Å². The normalized spacial score (nSPS) is 32.3. The van der Waals surface area contributed by atoms with Gasteiger partial charge in [0.25, 0.3) is 0 Å². The van der Waals surface area contributed by atoms with Gasteiger partial charge in [0.2, 0.25) is 0 Å². The van der Waals surface area contributed by atoms with Crippen molar-refractivity contribution >= 4 is 11.3 Å². The van der Waals surface area contributed by atoms with Crippen molar-refractivity contribution in [1.29, 1.82) is 0 Å². The zero-order chi connectivity index (χ0) is 13.5. The van der Waals surface area contributed by atoms with Crippen LogP contribution in [0.25, 0.3) is 0 Å². The summed E-state index contributed by atoms with van der Waals surface area (Å²) in [6.07, 6.45) is 9.35. The topological polar surface area (TPSA) is 24.9 Å². The molecule has 0 saturated heterocycles. The molecular weight excluding hydrogens is 252 g/mol. The number of hydrogen-bond donors (Lipinski definition) is 1. The molecule has 0 aromatic carbocycles. The maximum Gasteiger partial charge on any atom is 0.113 e. The Balaban J connectivity index is 1.90. The number of aryl methyl sites for hydroxylation is 2.